The lowest BCUT2D eigenvalue weighted by Gasteiger charge is -2.26. The lowest BCUT2D eigenvalue weighted by molar-refractivity contribution is 0.0690. The number of anilines is 1. The van der Waals surface area contributed by atoms with Gasteiger partial charge in [0.15, 0.2) is 5.69 Å². The van der Waals surface area contributed by atoms with Crippen LogP contribution in [0.1, 0.15) is 34.9 Å². The number of aromatic nitrogens is 2. The molecule has 0 aliphatic rings. The largest absolute Gasteiger partial charge is 0.477 e. The molecule has 1 N–H and O–H groups in total. The standard InChI is InChI=1S/C14H17N3O2S/c1-9(2)17(8-11-5-4-6-20-11)14-15-10(3)7-12(16-14)13(18)19/h4-7,9H,8H2,1-3H3,(H,18,19). The van der Waals surface area contributed by atoms with Crippen molar-refractivity contribution in [3.63, 3.8) is 0 Å². The molecular formula is C14H17N3O2S. The number of hydrogen-bond acceptors (Lipinski definition) is 5. The molecule has 0 atom stereocenters. The Labute approximate surface area is 121 Å². The second kappa shape index (κ2) is 6.00. The molecule has 0 unspecified atom stereocenters. The van der Waals surface area contributed by atoms with Crippen molar-refractivity contribution < 1.29 is 9.90 Å². The molecule has 0 aliphatic carbocycles. The second-order valence-electron chi connectivity index (χ2n) is 4.80. The molecule has 5 nitrogen and oxygen atoms in total. The zero-order valence-corrected chi connectivity index (χ0v) is 12.5. The number of carbonyl (C=O) groups is 1. The summed E-state index contributed by atoms with van der Waals surface area (Å²) in [6.45, 7) is 6.54. The maximum Gasteiger partial charge on any atom is 0.354 e. The van der Waals surface area contributed by atoms with E-state index < -0.39 is 5.97 Å². The third kappa shape index (κ3) is 3.33. The first kappa shape index (κ1) is 14.5. The zero-order chi connectivity index (χ0) is 14.7. The number of rotatable bonds is 5. The SMILES string of the molecule is Cc1cc(C(=O)O)nc(N(Cc2cccs2)C(C)C)n1. The Kier molecular flexibility index (Phi) is 4.34. The molecule has 2 heterocycles. The minimum Gasteiger partial charge on any atom is -0.477 e. The molecule has 2 aromatic heterocycles. The average Bonchev–Trinajstić information content (AvgIpc) is 2.87. The van der Waals surface area contributed by atoms with Crippen molar-refractivity contribution in [1.82, 2.24) is 9.97 Å². The Hall–Kier alpha value is -1.95. The van der Waals surface area contributed by atoms with Crippen LogP contribution in [0.3, 0.4) is 0 Å². The number of carboxylic acid groups (broad SMARTS) is 1. The van der Waals surface area contributed by atoms with Crippen LogP contribution in [0.25, 0.3) is 0 Å². The molecule has 0 saturated carbocycles. The van der Waals surface area contributed by atoms with Gasteiger partial charge in [-0.15, -0.1) is 11.3 Å². The van der Waals surface area contributed by atoms with Crippen LogP contribution < -0.4 is 4.90 Å². The molecule has 20 heavy (non-hydrogen) atoms. The van der Waals surface area contributed by atoms with Crippen molar-refractivity contribution in [2.45, 2.75) is 33.4 Å². The van der Waals surface area contributed by atoms with Gasteiger partial charge in [-0.1, -0.05) is 6.07 Å². The van der Waals surface area contributed by atoms with E-state index in [0.29, 0.717) is 18.2 Å². The van der Waals surface area contributed by atoms with E-state index in [2.05, 4.69) is 9.97 Å². The van der Waals surface area contributed by atoms with Crippen molar-refractivity contribution in [2.24, 2.45) is 0 Å². The van der Waals surface area contributed by atoms with Gasteiger partial charge in [0.05, 0.1) is 6.54 Å². The van der Waals surface area contributed by atoms with Crippen LogP contribution >= 0.6 is 11.3 Å². The predicted molar refractivity (Wildman–Crippen MR) is 79.4 cm³/mol. The normalized spacial score (nSPS) is 10.8. The molecule has 2 rings (SSSR count). The van der Waals surface area contributed by atoms with E-state index in [9.17, 15) is 4.79 Å². The van der Waals surface area contributed by atoms with Crippen LogP contribution in [0, 0.1) is 6.92 Å². The Bertz CT molecular complexity index is 596. The summed E-state index contributed by atoms with van der Waals surface area (Å²) < 4.78 is 0. The lowest BCUT2D eigenvalue weighted by Crippen LogP contribution is -2.32. The predicted octanol–water partition coefficient (Wildman–Crippen LogP) is 2.96. The summed E-state index contributed by atoms with van der Waals surface area (Å²) in [6, 6.07) is 5.71. The summed E-state index contributed by atoms with van der Waals surface area (Å²) in [4.78, 5) is 22.8. The Morgan fingerprint density at radius 1 is 1.45 bits per heavy atom. The Morgan fingerprint density at radius 2 is 2.20 bits per heavy atom. The van der Waals surface area contributed by atoms with Gasteiger partial charge in [0, 0.05) is 16.6 Å². The molecule has 0 aromatic carbocycles. The van der Waals surface area contributed by atoms with Crippen LogP contribution in [0.5, 0.6) is 0 Å². The van der Waals surface area contributed by atoms with Crippen LogP contribution in [-0.2, 0) is 6.54 Å². The molecule has 0 bridgehead atoms. The summed E-state index contributed by atoms with van der Waals surface area (Å²) in [6.07, 6.45) is 0. The molecule has 2 aromatic rings. The molecule has 0 radical (unpaired) electrons. The summed E-state index contributed by atoms with van der Waals surface area (Å²) in [5, 5.41) is 11.1. The lowest BCUT2D eigenvalue weighted by atomic mass is 10.3. The fourth-order valence-corrected chi connectivity index (χ4v) is 2.55. The van der Waals surface area contributed by atoms with Gasteiger partial charge >= 0.3 is 5.97 Å². The van der Waals surface area contributed by atoms with Gasteiger partial charge in [0.1, 0.15) is 0 Å². The summed E-state index contributed by atoms with van der Waals surface area (Å²) in [5.41, 5.74) is 0.688. The minimum atomic E-state index is -1.03. The number of aryl methyl sites for hydroxylation is 1. The van der Waals surface area contributed by atoms with E-state index in [-0.39, 0.29) is 11.7 Å². The van der Waals surface area contributed by atoms with E-state index >= 15 is 0 Å². The molecule has 0 aliphatic heterocycles. The van der Waals surface area contributed by atoms with E-state index in [1.807, 2.05) is 36.3 Å². The van der Waals surface area contributed by atoms with Crippen molar-refractivity contribution >= 4 is 23.3 Å². The number of thiophene rings is 1. The van der Waals surface area contributed by atoms with Crippen molar-refractivity contribution in [3.8, 4) is 0 Å². The topological polar surface area (TPSA) is 66.3 Å². The Balaban J connectivity index is 2.36. The zero-order valence-electron chi connectivity index (χ0n) is 11.7. The third-order valence-electron chi connectivity index (χ3n) is 2.85. The van der Waals surface area contributed by atoms with Crippen LogP contribution in [0.15, 0.2) is 23.6 Å². The van der Waals surface area contributed by atoms with Crippen LogP contribution in [0.2, 0.25) is 0 Å². The highest BCUT2D eigenvalue weighted by molar-refractivity contribution is 7.09. The highest BCUT2D eigenvalue weighted by atomic mass is 32.1. The van der Waals surface area contributed by atoms with Gasteiger partial charge < -0.3 is 10.0 Å². The number of nitrogens with zero attached hydrogens (tertiary/aromatic N) is 3. The molecular weight excluding hydrogens is 274 g/mol. The first-order valence-electron chi connectivity index (χ1n) is 6.35. The fourth-order valence-electron chi connectivity index (χ4n) is 1.85. The first-order chi connectivity index (χ1) is 9.47. The molecule has 0 saturated heterocycles. The highest BCUT2D eigenvalue weighted by Crippen LogP contribution is 2.19. The third-order valence-corrected chi connectivity index (χ3v) is 3.71. The van der Waals surface area contributed by atoms with E-state index in [1.165, 1.54) is 10.9 Å². The minimum absolute atomic E-state index is 0.0318. The smallest absolute Gasteiger partial charge is 0.354 e. The summed E-state index contributed by atoms with van der Waals surface area (Å²) in [7, 11) is 0. The number of carboxylic acids is 1. The Morgan fingerprint density at radius 3 is 2.75 bits per heavy atom. The fraction of sp³-hybridized carbons (Fsp3) is 0.357. The van der Waals surface area contributed by atoms with Crippen LogP contribution in [-0.4, -0.2) is 27.1 Å². The molecule has 6 heteroatoms. The average molecular weight is 291 g/mol. The second-order valence-corrected chi connectivity index (χ2v) is 5.83. The van der Waals surface area contributed by atoms with Crippen molar-refractivity contribution in [3.05, 3.63) is 39.8 Å². The van der Waals surface area contributed by atoms with Gasteiger partial charge in [-0.2, -0.15) is 0 Å². The van der Waals surface area contributed by atoms with Crippen LogP contribution in [0.4, 0.5) is 5.95 Å². The maximum atomic E-state index is 11.1. The first-order valence-corrected chi connectivity index (χ1v) is 7.23. The van der Waals surface area contributed by atoms with E-state index in [0.717, 1.165) is 0 Å². The quantitative estimate of drug-likeness (QED) is 0.917. The number of aromatic carboxylic acids is 1. The van der Waals surface area contributed by atoms with E-state index in [1.54, 1.807) is 18.3 Å². The van der Waals surface area contributed by atoms with Gasteiger partial charge in [0.25, 0.3) is 0 Å². The van der Waals surface area contributed by atoms with Gasteiger partial charge in [-0.25, -0.2) is 14.8 Å². The summed E-state index contributed by atoms with van der Waals surface area (Å²) >= 11 is 1.66. The van der Waals surface area contributed by atoms with Crippen molar-refractivity contribution in [2.75, 3.05) is 4.90 Å². The van der Waals surface area contributed by atoms with Gasteiger partial charge in [-0.3, -0.25) is 0 Å². The molecule has 0 spiro atoms. The highest BCUT2D eigenvalue weighted by Gasteiger charge is 2.17. The molecule has 0 fully saturated rings. The van der Waals surface area contributed by atoms with E-state index in [4.69, 9.17) is 5.11 Å². The van der Waals surface area contributed by atoms with Gasteiger partial charge in [0.2, 0.25) is 5.95 Å². The molecule has 0 amide bonds. The monoisotopic (exact) mass is 291 g/mol. The van der Waals surface area contributed by atoms with Crippen molar-refractivity contribution in [1.29, 1.82) is 0 Å². The number of hydrogen-bond donors (Lipinski definition) is 1. The summed E-state index contributed by atoms with van der Waals surface area (Å²) in [5.74, 6) is -0.567. The maximum absolute atomic E-state index is 11.1. The molecule has 106 valence electrons. The van der Waals surface area contributed by atoms with Gasteiger partial charge in [-0.05, 0) is 38.3 Å².